The molecule has 0 radical (unpaired) electrons. The first kappa shape index (κ1) is 52.5. The highest BCUT2D eigenvalue weighted by Crippen LogP contribution is 2.47. The fourth-order valence-corrected chi connectivity index (χ4v) is 11.7. The Bertz CT molecular complexity index is 1830. The molecule has 67 heavy (non-hydrogen) atoms. The number of fused-ring (bicyclic) bond motifs is 1. The number of allylic oxidation sites excluding steroid dienone is 2. The summed E-state index contributed by atoms with van der Waals surface area (Å²) in [7, 11) is 0. The van der Waals surface area contributed by atoms with E-state index >= 15 is 0 Å². The lowest BCUT2D eigenvalue weighted by molar-refractivity contribution is -0.321. The second-order valence-electron chi connectivity index (χ2n) is 21.6. The maximum atomic E-state index is 13.1. The van der Waals surface area contributed by atoms with Gasteiger partial charge < -0.3 is 63.4 Å². The monoisotopic (exact) mass is 943 g/mol. The van der Waals surface area contributed by atoms with Gasteiger partial charge in [-0.25, -0.2) is 4.79 Å². The second kappa shape index (κ2) is 22.0. The third-order valence-corrected chi connectivity index (χ3v) is 15.5. The molecule has 6 saturated heterocycles. The van der Waals surface area contributed by atoms with E-state index in [0.29, 0.717) is 62.9 Å². The Hall–Kier alpha value is -2.31. The van der Waals surface area contributed by atoms with Crippen LogP contribution in [0.2, 0.25) is 0 Å². The van der Waals surface area contributed by atoms with Crippen LogP contribution in [0.3, 0.4) is 0 Å². The van der Waals surface area contributed by atoms with Gasteiger partial charge in [0, 0.05) is 44.6 Å². The lowest BCUT2D eigenvalue weighted by Gasteiger charge is -2.50. The first-order chi connectivity index (χ1) is 31.8. The van der Waals surface area contributed by atoms with E-state index in [9.17, 15) is 25.2 Å². The van der Waals surface area contributed by atoms with Crippen LogP contribution in [0.15, 0.2) is 59.3 Å². The van der Waals surface area contributed by atoms with Crippen LogP contribution >= 0.6 is 0 Å². The lowest BCUT2D eigenvalue weighted by Crippen LogP contribution is -2.60. The zero-order valence-corrected chi connectivity index (χ0v) is 41.2. The largest absolute Gasteiger partial charge is 0.459 e. The van der Waals surface area contributed by atoms with E-state index in [-0.39, 0.29) is 49.8 Å². The number of hydrogen-bond donors (Lipinski definition) is 5. The van der Waals surface area contributed by atoms with Gasteiger partial charge in [0.1, 0.15) is 31.0 Å². The van der Waals surface area contributed by atoms with E-state index in [0.717, 1.165) is 61.9 Å². The summed E-state index contributed by atoms with van der Waals surface area (Å²) in [5.41, 5.74) is 1.33. The lowest BCUT2D eigenvalue weighted by atomic mass is 9.79. The van der Waals surface area contributed by atoms with E-state index in [1.54, 1.807) is 0 Å². The van der Waals surface area contributed by atoms with E-state index in [2.05, 4.69) is 33.4 Å². The zero-order chi connectivity index (χ0) is 48.3. The SMILES string of the molecule is C=C1[C@@H](O)[C@@H]2O[C@]3(CC[C@H](/C=C/[C@@H](C)[C@@H]4CC(C)=C[C@@]5(O[C@H](C[C@@](C)(O)C(=O)OC/C(C)=C/C(C)=C/CCO)CC[C@H]5O)O4)O3)CC[C@H]2O[C@@H]1[C@@H](O)C[C@H](C)[C@H]1O[C@@]2(CCCCO2)CC[C@H]1C. The molecule has 14 nitrogen and oxygen atoms in total. The van der Waals surface area contributed by atoms with Gasteiger partial charge in [-0.1, -0.05) is 62.8 Å². The predicted octanol–water partition coefficient (Wildman–Crippen LogP) is 6.95. The third kappa shape index (κ3) is 12.4. The average molecular weight is 943 g/mol. The Morgan fingerprint density at radius 3 is 2.51 bits per heavy atom. The van der Waals surface area contributed by atoms with E-state index in [1.165, 1.54) is 6.92 Å². The van der Waals surface area contributed by atoms with Crippen molar-refractivity contribution in [3.05, 3.63) is 59.3 Å². The van der Waals surface area contributed by atoms with Crippen molar-refractivity contribution in [2.45, 2.75) is 229 Å². The minimum atomic E-state index is -1.83. The van der Waals surface area contributed by atoms with Crippen LogP contribution in [0.25, 0.3) is 0 Å². The van der Waals surface area contributed by atoms with Gasteiger partial charge >= 0.3 is 5.97 Å². The van der Waals surface area contributed by atoms with Crippen molar-refractivity contribution in [2.75, 3.05) is 19.8 Å². The Balaban J connectivity index is 0.897. The fourth-order valence-electron chi connectivity index (χ4n) is 11.7. The first-order valence-electron chi connectivity index (χ1n) is 25.4. The van der Waals surface area contributed by atoms with Crippen LogP contribution in [0.4, 0.5) is 0 Å². The van der Waals surface area contributed by atoms with Crippen molar-refractivity contribution in [3.63, 3.8) is 0 Å². The molecule has 7 rings (SSSR count). The maximum Gasteiger partial charge on any atom is 0.338 e. The molecule has 0 bridgehead atoms. The number of esters is 1. The molecule has 0 aromatic carbocycles. The molecule has 0 amide bonds. The molecular weight excluding hydrogens is 861 g/mol. The van der Waals surface area contributed by atoms with Crippen LogP contribution < -0.4 is 0 Å². The molecule has 0 aromatic rings. The highest BCUT2D eigenvalue weighted by atomic mass is 16.7. The van der Waals surface area contributed by atoms with Crippen LogP contribution in [-0.4, -0.2) is 135 Å². The van der Waals surface area contributed by atoms with Crippen molar-refractivity contribution in [1.29, 1.82) is 0 Å². The molecule has 0 aromatic heterocycles. The molecule has 7 heterocycles. The number of aliphatic hydroxyl groups excluding tert-OH is 4. The van der Waals surface area contributed by atoms with E-state index in [4.69, 9.17) is 43.0 Å². The van der Waals surface area contributed by atoms with Crippen molar-refractivity contribution in [3.8, 4) is 0 Å². The standard InChI is InChI=1S/C53H82O14/c1-32(12-11-24-54)26-34(3)31-60-49(58)50(8,59)30-40-15-16-44(56)53(64-40)29-33(2)27-43(65-53)35(4)13-14-39-18-22-52(63-39)23-19-42-48(67-52)45(57)38(7)47(62-42)41(55)28-37(6)46-36(5)17-21-51(66-46)20-9-10-25-61-51/h12-14,26,29,35-37,39-48,54-57,59H,7,9-11,15-25,27-28,30-31H2,1-6,8H3/b14-13+,32-12+,34-26+/t35-,36-,37+,39+,40+,41+,42-,43+,44-,45-,46+,47+,48-,50-,51+,52-,53-/m1/s1. The molecule has 5 N–H and O–H groups in total. The number of carbonyl (C=O) groups is 1. The van der Waals surface area contributed by atoms with Crippen LogP contribution in [0.5, 0.6) is 0 Å². The van der Waals surface area contributed by atoms with Gasteiger partial charge in [0.05, 0.1) is 43.2 Å². The Kier molecular flexibility index (Phi) is 17.2. The fraction of sp³-hybridized carbons (Fsp3) is 0.792. The minimum absolute atomic E-state index is 0.0149. The maximum absolute atomic E-state index is 13.1. The summed E-state index contributed by atoms with van der Waals surface area (Å²) >= 11 is 0. The van der Waals surface area contributed by atoms with Crippen molar-refractivity contribution in [2.24, 2.45) is 17.8 Å². The average Bonchev–Trinajstić information content (AvgIpc) is 3.68. The number of carbonyl (C=O) groups excluding carboxylic acids is 1. The molecule has 6 fully saturated rings. The molecule has 0 unspecified atom stereocenters. The summed E-state index contributed by atoms with van der Waals surface area (Å²) in [5.74, 6) is -3.30. The van der Waals surface area contributed by atoms with Crippen molar-refractivity contribution < 1.29 is 68.2 Å². The number of hydrogen-bond acceptors (Lipinski definition) is 14. The van der Waals surface area contributed by atoms with Gasteiger partial charge in [-0.05, 0) is 121 Å². The number of rotatable bonds is 15. The number of ether oxygens (including phenoxy) is 8. The van der Waals surface area contributed by atoms with Gasteiger partial charge in [0.25, 0.3) is 0 Å². The molecule has 0 saturated carbocycles. The van der Waals surface area contributed by atoms with Crippen LogP contribution in [0, 0.1) is 17.8 Å². The van der Waals surface area contributed by atoms with Gasteiger partial charge in [-0.3, -0.25) is 0 Å². The molecule has 0 aliphatic carbocycles. The molecule has 378 valence electrons. The smallest absolute Gasteiger partial charge is 0.338 e. The first-order valence-corrected chi connectivity index (χ1v) is 25.4. The van der Waals surface area contributed by atoms with Gasteiger partial charge in [0.2, 0.25) is 5.79 Å². The molecule has 7 aliphatic heterocycles. The van der Waals surface area contributed by atoms with E-state index in [1.807, 2.05) is 45.1 Å². The summed E-state index contributed by atoms with van der Waals surface area (Å²) in [6.45, 7) is 18.6. The molecule has 3 spiro atoms. The summed E-state index contributed by atoms with van der Waals surface area (Å²) in [4.78, 5) is 13.1. The van der Waals surface area contributed by atoms with E-state index < -0.39 is 71.7 Å². The summed E-state index contributed by atoms with van der Waals surface area (Å²) in [6.07, 6.45) is 13.8. The summed E-state index contributed by atoms with van der Waals surface area (Å²) < 4.78 is 51.3. The highest BCUT2D eigenvalue weighted by Gasteiger charge is 2.55. The van der Waals surface area contributed by atoms with Gasteiger partial charge in [-0.15, -0.1) is 0 Å². The molecule has 17 atom stereocenters. The van der Waals surface area contributed by atoms with Crippen LogP contribution in [0.1, 0.15) is 145 Å². The molecule has 7 aliphatic rings. The Morgan fingerprint density at radius 1 is 1.00 bits per heavy atom. The van der Waals surface area contributed by atoms with Crippen molar-refractivity contribution in [1.82, 2.24) is 0 Å². The Morgan fingerprint density at radius 2 is 1.76 bits per heavy atom. The summed E-state index contributed by atoms with van der Waals surface area (Å²) in [5, 5.41) is 54.9. The highest BCUT2D eigenvalue weighted by molar-refractivity contribution is 5.78. The predicted molar refractivity (Wildman–Crippen MR) is 250 cm³/mol. The second-order valence-corrected chi connectivity index (χ2v) is 21.6. The van der Waals surface area contributed by atoms with Crippen molar-refractivity contribution >= 4 is 5.97 Å². The quantitative estimate of drug-likeness (QED) is 0.0644. The topological polar surface area (TPSA) is 192 Å². The van der Waals surface area contributed by atoms with Gasteiger partial charge in [0.15, 0.2) is 17.2 Å². The third-order valence-electron chi connectivity index (χ3n) is 15.5. The Labute approximate surface area is 398 Å². The zero-order valence-electron chi connectivity index (χ0n) is 41.2. The summed E-state index contributed by atoms with van der Waals surface area (Å²) in [6, 6.07) is 0. The number of aliphatic hydroxyl groups is 5. The minimum Gasteiger partial charge on any atom is -0.459 e. The van der Waals surface area contributed by atoms with Crippen LogP contribution in [-0.2, 0) is 42.7 Å². The normalized spacial score (nSPS) is 41.0. The van der Waals surface area contributed by atoms with Gasteiger partial charge in [-0.2, -0.15) is 0 Å². The molecular formula is C53H82O14. The molecule has 14 heteroatoms.